The van der Waals surface area contributed by atoms with Gasteiger partial charge in [-0.2, -0.15) is 13.2 Å². The molecule has 3 heterocycles. The number of aromatic nitrogens is 5. The highest BCUT2D eigenvalue weighted by molar-refractivity contribution is 7.11. The Morgan fingerprint density at radius 2 is 1.90 bits per heavy atom. The molecule has 0 amide bonds. The van der Waals surface area contributed by atoms with Crippen LogP contribution in [0, 0.1) is 5.92 Å². The van der Waals surface area contributed by atoms with E-state index in [9.17, 15) is 27.9 Å². The normalized spacial score (nSPS) is 17.5. The van der Waals surface area contributed by atoms with Gasteiger partial charge in [0.1, 0.15) is 5.01 Å². The molecule has 1 atom stereocenters. The van der Waals surface area contributed by atoms with E-state index in [2.05, 4.69) is 9.97 Å². The molecule has 31 heavy (non-hydrogen) atoms. The summed E-state index contributed by atoms with van der Waals surface area (Å²) in [6.07, 6.45) is 2.24. The largest absolute Gasteiger partial charge is 0.423 e. The summed E-state index contributed by atoms with van der Waals surface area (Å²) in [7, 11) is 1.50. The molecule has 1 fully saturated rings. The summed E-state index contributed by atoms with van der Waals surface area (Å²) in [6, 6.07) is 0. The third-order valence-electron chi connectivity index (χ3n) is 5.87. The molecule has 0 saturated heterocycles. The van der Waals surface area contributed by atoms with Crippen molar-refractivity contribution in [1.29, 1.82) is 0 Å². The summed E-state index contributed by atoms with van der Waals surface area (Å²) in [5, 5.41) is 9.27. The predicted octanol–water partition coefficient (Wildman–Crippen LogP) is 2.36. The maximum absolute atomic E-state index is 13.2. The Labute approximate surface area is 178 Å². The Morgan fingerprint density at radius 3 is 2.55 bits per heavy atom. The van der Waals surface area contributed by atoms with Gasteiger partial charge in [-0.15, -0.1) is 11.3 Å². The summed E-state index contributed by atoms with van der Waals surface area (Å²) < 4.78 is 43.2. The first-order chi connectivity index (χ1) is 14.5. The first kappa shape index (κ1) is 21.8. The average Bonchev–Trinajstić information content (AvgIpc) is 3.44. The van der Waals surface area contributed by atoms with Crippen molar-refractivity contribution in [3.63, 3.8) is 0 Å². The van der Waals surface area contributed by atoms with Crippen LogP contribution in [-0.2, 0) is 25.7 Å². The summed E-state index contributed by atoms with van der Waals surface area (Å²) in [4.78, 5) is 34.1. The number of fused-ring (bicyclic) bond motifs is 1. The van der Waals surface area contributed by atoms with Gasteiger partial charge in [-0.1, -0.05) is 12.8 Å². The van der Waals surface area contributed by atoms with E-state index < -0.39 is 28.0 Å². The average molecular weight is 457 g/mol. The topological polar surface area (TPSA) is 94.9 Å². The van der Waals surface area contributed by atoms with E-state index in [4.69, 9.17) is 0 Å². The fraction of sp³-hybridized carbons (Fsp3) is 0.579. The molecule has 1 aliphatic rings. The molecule has 1 unspecified atom stereocenters. The molecule has 8 nitrogen and oxygen atoms in total. The lowest BCUT2D eigenvalue weighted by Crippen LogP contribution is -2.40. The van der Waals surface area contributed by atoms with Gasteiger partial charge in [0.25, 0.3) is 5.56 Å². The first-order valence-electron chi connectivity index (χ1n) is 9.89. The van der Waals surface area contributed by atoms with Crippen molar-refractivity contribution in [2.45, 2.75) is 57.5 Å². The predicted molar refractivity (Wildman–Crippen MR) is 108 cm³/mol. The van der Waals surface area contributed by atoms with E-state index in [-0.39, 0.29) is 17.1 Å². The molecule has 1 saturated carbocycles. The van der Waals surface area contributed by atoms with Crippen molar-refractivity contribution in [2.75, 3.05) is 0 Å². The molecule has 1 aliphatic carbocycles. The van der Waals surface area contributed by atoms with Gasteiger partial charge in [-0.3, -0.25) is 13.9 Å². The number of nitrogens with zero attached hydrogens (tertiary/aromatic N) is 5. The molecule has 1 N–H and O–H groups in total. The minimum Gasteiger partial charge on any atom is -0.375 e. The Kier molecular flexibility index (Phi) is 5.32. The number of imidazole rings is 1. The van der Waals surface area contributed by atoms with Crippen molar-refractivity contribution < 1.29 is 18.3 Å². The first-order valence-corrected chi connectivity index (χ1v) is 10.7. The zero-order valence-corrected chi connectivity index (χ0v) is 17.8. The van der Waals surface area contributed by atoms with E-state index in [0.717, 1.165) is 36.4 Å². The van der Waals surface area contributed by atoms with Crippen molar-refractivity contribution in [3.8, 4) is 0 Å². The molecule has 12 heteroatoms. The number of halogens is 3. The minimum atomic E-state index is -4.90. The van der Waals surface area contributed by atoms with Crippen LogP contribution < -0.4 is 11.2 Å². The fourth-order valence-corrected chi connectivity index (χ4v) is 4.92. The number of alkyl halides is 3. The van der Waals surface area contributed by atoms with Crippen molar-refractivity contribution >= 4 is 22.5 Å². The van der Waals surface area contributed by atoms with Crippen LogP contribution in [0.4, 0.5) is 13.2 Å². The molecule has 3 aromatic heterocycles. The van der Waals surface area contributed by atoms with Crippen LogP contribution in [0.5, 0.6) is 0 Å². The second kappa shape index (κ2) is 7.59. The maximum Gasteiger partial charge on any atom is 0.423 e. The number of aliphatic hydroxyl groups is 1. The van der Waals surface area contributed by atoms with Crippen LogP contribution in [0.15, 0.2) is 22.1 Å². The highest BCUT2D eigenvalue weighted by Crippen LogP contribution is 2.40. The smallest absolute Gasteiger partial charge is 0.375 e. The summed E-state index contributed by atoms with van der Waals surface area (Å²) in [5.74, 6) is 0.441. The van der Waals surface area contributed by atoms with Gasteiger partial charge in [0.05, 0.1) is 12.9 Å². The lowest BCUT2D eigenvalue weighted by atomic mass is 10.1. The van der Waals surface area contributed by atoms with Gasteiger partial charge < -0.3 is 9.67 Å². The second-order valence-electron chi connectivity index (χ2n) is 8.15. The number of hydrogen-bond acceptors (Lipinski definition) is 6. The van der Waals surface area contributed by atoms with Crippen molar-refractivity contribution in [2.24, 2.45) is 13.0 Å². The van der Waals surface area contributed by atoms with E-state index in [1.165, 1.54) is 11.6 Å². The minimum absolute atomic E-state index is 0.248. The Hall–Kier alpha value is -2.47. The van der Waals surface area contributed by atoms with E-state index in [0.29, 0.717) is 36.2 Å². The Morgan fingerprint density at radius 1 is 1.23 bits per heavy atom. The lowest BCUT2D eigenvalue weighted by Gasteiger charge is -2.23. The lowest BCUT2D eigenvalue weighted by molar-refractivity contribution is -0.258. The summed E-state index contributed by atoms with van der Waals surface area (Å²) in [6.45, 7) is 0.999. The highest BCUT2D eigenvalue weighted by Gasteiger charge is 2.53. The van der Waals surface area contributed by atoms with Crippen LogP contribution in [-0.4, -0.2) is 35.0 Å². The van der Waals surface area contributed by atoms with Crippen molar-refractivity contribution in [1.82, 2.24) is 23.7 Å². The van der Waals surface area contributed by atoms with Gasteiger partial charge in [-0.25, -0.2) is 14.8 Å². The number of hydrogen-bond donors (Lipinski definition) is 1. The van der Waals surface area contributed by atoms with Gasteiger partial charge in [0.15, 0.2) is 11.2 Å². The van der Waals surface area contributed by atoms with Crippen molar-refractivity contribution in [3.05, 3.63) is 43.2 Å². The second-order valence-corrected chi connectivity index (χ2v) is 9.27. The van der Waals surface area contributed by atoms with Crippen LogP contribution in [0.2, 0.25) is 0 Å². The molecule has 4 rings (SSSR count). The third kappa shape index (κ3) is 3.71. The number of aryl methyl sites for hydroxylation is 1. The fourth-order valence-electron chi connectivity index (χ4n) is 3.95. The van der Waals surface area contributed by atoms with Gasteiger partial charge in [0, 0.05) is 24.7 Å². The molecule has 3 aromatic rings. The monoisotopic (exact) mass is 457 g/mol. The Bertz CT molecular complexity index is 1230. The Balaban J connectivity index is 1.73. The number of rotatable bonds is 5. The van der Waals surface area contributed by atoms with Crippen LogP contribution in [0.25, 0.3) is 11.2 Å². The van der Waals surface area contributed by atoms with Crippen LogP contribution in [0.3, 0.4) is 0 Å². The molecular formula is C19H22F3N5O3S. The molecule has 0 spiro atoms. The van der Waals surface area contributed by atoms with Gasteiger partial charge in [-0.05, 0) is 25.7 Å². The van der Waals surface area contributed by atoms with E-state index >= 15 is 0 Å². The molecule has 168 valence electrons. The standard InChI is InChI=1S/C19H22F3N5O3S/c1-18(30,19(20,21)22)16-23-7-12(31-16)9-27-15(28)13-14(25(2)17(27)29)24-10-26(13)8-11-5-3-4-6-11/h7,10-11,30H,3-6,8-9H2,1-2H3. The molecule has 0 aromatic carbocycles. The zero-order valence-electron chi connectivity index (χ0n) is 17.0. The van der Waals surface area contributed by atoms with Crippen LogP contribution >= 0.6 is 11.3 Å². The zero-order chi connectivity index (χ0) is 22.6. The summed E-state index contributed by atoms with van der Waals surface area (Å²) >= 11 is 0.611. The number of thiazole rings is 1. The molecule has 0 aliphatic heterocycles. The maximum atomic E-state index is 13.2. The van der Waals surface area contributed by atoms with Crippen LogP contribution in [0.1, 0.15) is 42.5 Å². The van der Waals surface area contributed by atoms with E-state index in [1.54, 1.807) is 10.9 Å². The quantitative estimate of drug-likeness (QED) is 0.635. The SMILES string of the molecule is Cn1c(=O)n(Cc2cnc(C(C)(O)C(F)(F)F)s2)c(=O)c2c1ncn2CC1CCCC1. The molecule has 0 radical (unpaired) electrons. The third-order valence-corrected chi connectivity index (χ3v) is 7.06. The van der Waals surface area contributed by atoms with E-state index in [1.807, 2.05) is 0 Å². The van der Waals surface area contributed by atoms with Gasteiger partial charge >= 0.3 is 11.9 Å². The molecule has 0 bridgehead atoms. The molecular weight excluding hydrogens is 435 g/mol. The van der Waals surface area contributed by atoms with Gasteiger partial charge in [0.2, 0.25) is 5.60 Å². The summed E-state index contributed by atoms with van der Waals surface area (Å²) in [5.41, 5.74) is -3.72. The highest BCUT2D eigenvalue weighted by atomic mass is 32.1.